The Morgan fingerprint density at radius 1 is 1.14 bits per heavy atom. The molecule has 0 aliphatic rings. The minimum absolute atomic E-state index is 0.262. The van der Waals surface area contributed by atoms with E-state index in [-0.39, 0.29) is 5.91 Å². The number of halogens is 1. The van der Waals surface area contributed by atoms with Gasteiger partial charge in [0.15, 0.2) is 17.2 Å². The first-order valence-electron chi connectivity index (χ1n) is 8.77. The van der Waals surface area contributed by atoms with Gasteiger partial charge in [-0.1, -0.05) is 36.4 Å². The Balaban J connectivity index is 1.51. The fraction of sp³-hybridized carbons (Fsp3) is 0.0952. The van der Waals surface area contributed by atoms with E-state index < -0.39 is 11.6 Å². The van der Waals surface area contributed by atoms with Gasteiger partial charge in [0.05, 0.1) is 11.1 Å². The second-order valence-electron chi connectivity index (χ2n) is 6.30. The molecule has 6 nitrogen and oxygen atoms in total. The Labute approximate surface area is 160 Å². The van der Waals surface area contributed by atoms with Crippen molar-refractivity contribution in [1.29, 1.82) is 0 Å². The molecular weight excluding hydrogens is 359 g/mol. The lowest BCUT2D eigenvalue weighted by atomic mass is 10.1. The third kappa shape index (κ3) is 3.55. The smallest absolute Gasteiger partial charge is 0.253 e. The van der Waals surface area contributed by atoms with E-state index in [1.54, 1.807) is 18.3 Å². The normalized spacial score (nSPS) is 10.9. The predicted molar refractivity (Wildman–Crippen MR) is 103 cm³/mol. The van der Waals surface area contributed by atoms with Gasteiger partial charge in [-0.15, -0.1) is 0 Å². The number of rotatable bonds is 5. The van der Waals surface area contributed by atoms with Crippen LogP contribution in [0.25, 0.3) is 22.6 Å². The van der Waals surface area contributed by atoms with E-state index >= 15 is 0 Å². The van der Waals surface area contributed by atoms with Crippen LogP contribution in [0.15, 0.2) is 60.8 Å². The fourth-order valence-electron chi connectivity index (χ4n) is 2.96. The van der Waals surface area contributed by atoms with E-state index in [2.05, 4.69) is 20.3 Å². The topological polar surface area (TPSA) is 90.9 Å². The quantitative estimate of drug-likeness (QED) is 0.498. The lowest BCUT2D eigenvalue weighted by Gasteiger charge is -2.06. The van der Waals surface area contributed by atoms with E-state index in [1.165, 1.54) is 12.1 Å². The molecule has 2 aromatic heterocycles. The summed E-state index contributed by atoms with van der Waals surface area (Å²) in [7, 11) is 0. The number of aromatic nitrogens is 3. The molecule has 1 amide bonds. The first kappa shape index (κ1) is 17.7. The highest BCUT2D eigenvalue weighted by Crippen LogP contribution is 2.21. The van der Waals surface area contributed by atoms with Crippen molar-refractivity contribution in [2.45, 2.75) is 6.42 Å². The number of H-pyrrole nitrogens is 1. The van der Waals surface area contributed by atoms with E-state index in [0.29, 0.717) is 35.5 Å². The number of fused-ring (bicyclic) bond motifs is 1. The van der Waals surface area contributed by atoms with E-state index in [0.717, 1.165) is 11.1 Å². The summed E-state index contributed by atoms with van der Waals surface area (Å²) in [4.78, 5) is 24.5. The Bertz CT molecular complexity index is 1140. The summed E-state index contributed by atoms with van der Waals surface area (Å²) < 4.78 is 13.1. The molecule has 0 aliphatic heterocycles. The number of hydrogen-bond donors (Lipinski definition) is 3. The van der Waals surface area contributed by atoms with Crippen LogP contribution in [0.3, 0.4) is 0 Å². The van der Waals surface area contributed by atoms with Crippen LogP contribution in [0.1, 0.15) is 15.9 Å². The van der Waals surface area contributed by atoms with E-state index in [4.69, 9.17) is 0 Å². The van der Waals surface area contributed by atoms with Crippen molar-refractivity contribution in [3.63, 3.8) is 0 Å². The van der Waals surface area contributed by atoms with Crippen molar-refractivity contribution in [2.75, 3.05) is 6.54 Å². The zero-order chi connectivity index (χ0) is 19.5. The minimum atomic E-state index is -0.666. The first-order valence-corrected chi connectivity index (χ1v) is 8.77. The monoisotopic (exact) mass is 376 g/mol. The van der Waals surface area contributed by atoms with Crippen LogP contribution < -0.4 is 5.32 Å². The summed E-state index contributed by atoms with van der Waals surface area (Å²) in [5.74, 6) is -0.682. The van der Waals surface area contributed by atoms with Gasteiger partial charge in [0.1, 0.15) is 5.82 Å². The SMILES string of the molecule is O=C(NCCc1ccc(F)c(O)c1)c1ccnc2nc(-c3ccccc3)[nH]c12. The molecule has 2 aromatic carbocycles. The third-order valence-electron chi connectivity index (χ3n) is 4.39. The molecule has 0 spiro atoms. The highest BCUT2D eigenvalue weighted by atomic mass is 19.1. The molecule has 4 aromatic rings. The molecule has 140 valence electrons. The standard InChI is InChI=1S/C21H17FN4O2/c22-16-7-6-13(12-17(16)27)8-10-24-21(28)15-9-11-23-20-18(15)25-19(26-20)14-4-2-1-3-5-14/h1-7,9,11-12,27H,8,10H2,(H,24,28)(H,23,25,26). The molecule has 28 heavy (non-hydrogen) atoms. The van der Waals surface area contributed by atoms with Crippen molar-refractivity contribution < 1.29 is 14.3 Å². The molecular formula is C21H17FN4O2. The first-order chi connectivity index (χ1) is 13.6. The minimum Gasteiger partial charge on any atom is -0.505 e. The summed E-state index contributed by atoms with van der Waals surface area (Å²) in [5, 5.41) is 12.3. The van der Waals surface area contributed by atoms with Gasteiger partial charge in [0.25, 0.3) is 5.91 Å². The van der Waals surface area contributed by atoms with Gasteiger partial charge in [-0.05, 0) is 30.2 Å². The number of pyridine rings is 1. The molecule has 4 rings (SSSR count). The zero-order valence-electron chi connectivity index (χ0n) is 14.8. The Kier molecular flexibility index (Phi) is 4.72. The van der Waals surface area contributed by atoms with Crippen LogP contribution in [0.4, 0.5) is 4.39 Å². The summed E-state index contributed by atoms with van der Waals surface area (Å²) in [6, 6.07) is 15.4. The number of phenols is 1. The van der Waals surface area contributed by atoms with Crippen molar-refractivity contribution in [3.8, 4) is 17.1 Å². The maximum atomic E-state index is 13.1. The van der Waals surface area contributed by atoms with Gasteiger partial charge in [-0.25, -0.2) is 14.4 Å². The van der Waals surface area contributed by atoms with Crippen LogP contribution >= 0.6 is 0 Å². The number of hydrogen-bond acceptors (Lipinski definition) is 4. The highest BCUT2D eigenvalue weighted by molar-refractivity contribution is 6.04. The molecule has 0 saturated carbocycles. The van der Waals surface area contributed by atoms with Gasteiger partial charge in [-0.3, -0.25) is 4.79 Å². The second kappa shape index (κ2) is 7.48. The number of aromatic amines is 1. The van der Waals surface area contributed by atoms with Crippen LogP contribution in [0.5, 0.6) is 5.75 Å². The van der Waals surface area contributed by atoms with Crippen molar-refractivity contribution in [3.05, 3.63) is 77.7 Å². The van der Waals surface area contributed by atoms with Gasteiger partial charge in [0.2, 0.25) is 0 Å². The number of carbonyl (C=O) groups is 1. The Morgan fingerprint density at radius 2 is 1.96 bits per heavy atom. The largest absolute Gasteiger partial charge is 0.505 e. The summed E-state index contributed by atoms with van der Waals surface area (Å²) in [5.41, 5.74) is 3.12. The van der Waals surface area contributed by atoms with Gasteiger partial charge >= 0.3 is 0 Å². The van der Waals surface area contributed by atoms with E-state index in [9.17, 15) is 14.3 Å². The number of amides is 1. The van der Waals surface area contributed by atoms with Crippen molar-refractivity contribution in [2.24, 2.45) is 0 Å². The average Bonchev–Trinajstić information content (AvgIpc) is 3.15. The number of imidazole rings is 1. The molecule has 0 bridgehead atoms. The number of nitrogens with one attached hydrogen (secondary N) is 2. The molecule has 2 heterocycles. The van der Waals surface area contributed by atoms with Crippen LogP contribution in [-0.4, -0.2) is 32.5 Å². The molecule has 0 aliphatic carbocycles. The molecule has 0 radical (unpaired) electrons. The third-order valence-corrected chi connectivity index (χ3v) is 4.39. The van der Waals surface area contributed by atoms with Crippen molar-refractivity contribution >= 4 is 17.1 Å². The fourth-order valence-corrected chi connectivity index (χ4v) is 2.96. The number of phenolic OH excluding ortho intramolecular Hbond substituents is 1. The van der Waals surface area contributed by atoms with Gasteiger partial charge < -0.3 is 15.4 Å². The number of carbonyl (C=O) groups excluding carboxylic acids is 1. The van der Waals surface area contributed by atoms with E-state index in [1.807, 2.05) is 30.3 Å². The molecule has 7 heteroatoms. The number of benzene rings is 2. The molecule has 0 saturated heterocycles. The number of aromatic hydroxyl groups is 1. The lowest BCUT2D eigenvalue weighted by molar-refractivity contribution is 0.0955. The van der Waals surface area contributed by atoms with Gasteiger partial charge in [-0.2, -0.15) is 0 Å². The summed E-state index contributed by atoms with van der Waals surface area (Å²) in [6.45, 7) is 0.341. The summed E-state index contributed by atoms with van der Waals surface area (Å²) in [6.07, 6.45) is 2.01. The molecule has 0 atom stereocenters. The summed E-state index contributed by atoms with van der Waals surface area (Å²) >= 11 is 0. The van der Waals surface area contributed by atoms with Crippen LogP contribution in [0, 0.1) is 5.82 Å². The predicted octanol–water partition coefficient (Wildman–Crippen LogP) is 3.44. The van der Waals surface area contributed by atoms with Crippen LogP contribution in [-0.2, 0) is 6.42 Å². The molecule has 0 unspecified atom stereocenters. The maximum absolute atomic E-state index is 13.1. The zero-order valence-corrected chi connectivity index (χ0v) is 14.8. The van der Waals surface area contributed by atoms with Crippen LogP contribution in [0.2, 0.25) is 0 Å². The molecule has 0 fully saturated rings. The van der Waals surface area contributed by atoms with Crippen molar-refractivity contribution in [1.82, 2.24) is 20.3 Å². The second-order valence-corrected chi connectivity index (χ2v) is 6.30. The highest BCUT2D eigenvalue weighted by Gasteiger charge is 2.15. The van der Waals surface area contributed by atoms with Gasteiger partial charge in [0, 0.05) is 18.3 Å². The lowest BCUT2D eigenvalue weighted by Crippen LogP contribution is -2.26. The number of nitrogens with zero attached hydrogens (tertiary/aromatic N) is 2. The molecule has 3 N–H and O–H groups in total. The Morgan fingerprint density at radius 3 is 2.75 bits per heavy atom. The average molecular weight is 376 g/mol. The Hall–Kier alpha value is -3.74. The maximum Gasteiger partial charge on any atom is 0.253 e.